The lowest BCUT2D eigenvalue weighted by atomic mass is 10.1. The van der Waals surface area contributed by atoms with E-state index in [0.717, 1.165) is 27.0 Å². The SMILES string of the molecule is C/C(=N\NC(=O)[C@H](C)Oc1cccc(Br)c1)c1c(C)c[nH]c1C. The molecule has 0 saturated heterocycles. The van der Waals surface area contributed by atoms with Crippen molar-refractivity contribution in [1.82, 2.24) is 10.4 Å². The van der Waals surface area contributed by atoms with Crippen molar-refractivity contribution in [2.75, 3.05) is 0 Å². The number of nitrogens with one attached hydrogen (secondary N) is 2. The van der Waals surface area contributed by atoms with E-state index in [1.807, 2.05) is 45.2 Å². The Morgan fingerprint density at radius 1 is 1.39 bits per heavy atom. The predicted octanol–water partition coefficient (Wildman–Crippen LogP) is 3.70. The molecule has 0 bridgehead atoms. The topological polar surface area (TPSA) is 66.5 Å². The zero-order valence-corrected chi connectivity index (χ0v) is 15.2. The summed E-state index contributed by atoms with van der Waals surface area (Å²) in [5, 5.41) is 4.18. The van der Waals surface area contributed by atoms with E-state index in [0.29, 0.717) is 5.75 Å². The fraction of sp³-hybridized carbons (Fsp3) is 0.294. The van der Waals surface area contributed by atoms with Crippen molar-refractivity contribution in [3.05, 3.63) is 51.8 Å². The molecule has 1 atom stereocenters. The summed E-state index contributed by atoms with van der Waals surface area (Å²) < 4.78 is 6.51. The van der Waals surface area contributed by atoms with Crippen LogP contribution in [0.5, 0.6) is 5.75 Å². The Morgan fingerprint density at radius 3 is 2.74 bits per heavy atom. The molecule has 0 aliphatic heterocycles. The van der Waals surface area contributed by atoms with Crippen LogP contribution in [0.3, 0.4) is 0 Å². The van der Waals surface area contributed by atoms with Gasteiger partial charge in [-0.05, 0) is 51.5 Å². The number of aromatic amines is 1. The zero-order chi connectivity index (χ0) is 17.0. The molecule has 5 nitrogen and oxygen atoms in total. The first kappa shape index (κ1) is 17.3. The standard InChI is InChI=1S/C17H20BrN3O2/c1-10-9-19-11(2)16(10)12(3)20-21-17(22)13(4)23-15-7-5-6-14(18)8-15/h5-9,13,19H,1-4H3,(H,21,22)/b20-12+/t13-/m0/s1. The smallest absolute Gasteiger partial charge is 0.280 e. The number of rotatable bonds is 5. The highest BCUT2D eigenvalue weighted by molar-refractivity contribution is 9.10. The molecule has 122 valence electrons. The summed E-state index contributed by atoms with van der Waals surface area (Å²) in [7, 11) is 0. The van der Waals surface area contributed by atoms with Crippen molar-refractivity contribution in [2.24, 2.45) is 5.10 Å². The molecular weight excluding hydrogens is 358 g/mol. The van der Waals surface area contributed by atoms with E-state index >= 15 is 0 Å². The van der Waals surface area contributed by atoms with Crippen LogP contribution < -0.4 is 10.2 Å². The molecule has 2 rings (SSSR count). The summed E-state index contributed by atoms with van der Waals surface area (Å²) in [6.07, 6.45) is 1.28. The van der Waals surface area contributed by atoms with Crippen molar-refractivity contribution in [3.8, 4) is 5.75 Å². The van der Waals surface area contributed by atoms with Gasteiger partial charge in [0.1, 0.15) is 5.75 Å². The second-order valence-electron chi connectivity index (χ2n) is 5.36. The third-order valence-electron chi connectivity index (χ3n) is 3.45. The molecular formula is C17H20BrN3O2. The van der Waals surface area contributed by atoms with Crippen LogP contribution in [0.15, 0.2) is 40.0 Å². The van der Waals surface area contributed by atoms with Gasteiger partial charge < -0.3 is 9.72 Å². The van der Waals surface area contributed by atoms with Crippen LogP contribution >= 0.6 is 15.9 Å². The maximum Gasteiger partial charge on any atom is 0.280 e. The number of hydrogen-bond acceptors (Lipinski definition) is 3. The van der Waals surface area contributed by atoms with E-state index < -0.39 is 6.10 Å². The number of nitrogens with zero attached hydrogens (tertiary/aromatic N) is 1. The van der Waals surface area contributed by atoms with Gasteiger partial charge in [-0.1, -0.05) is 22.0 Å². The molecule has 0 unspecified atom stereocenters. The van der Waals surface area contributed by atoms with Gasteiger partial charge in [0.25, 0.3) is 5.91 Å². The van der Waals surface area contributed by atoms with Gasteiger partial charge >= 0.3 is 0 Å². The number of carbonyl (C=O) groups is 1. The quantitative estimate of drug-likeness (QED) is 0.616. The first-order valence-electron chi connectivity index (χ1n) is 7.29. The number of hydrogen-bond donors (Lipinski definition) is 2. The summed E-state index contributed by atoms with van der Waals surface area (Å²) >= 11 is 3.37. The molecule has 2 N–H and O–H groups in total. The lowest BCUT2D eigenvalue weighted by Gasteiger charge is -2.13. The molecule has 0 fully saturated rings. The fourth-order valence-corrected chi connectivity index (χ4v) is 2.68. The fourth-order valence-electron chi connectivity index (χ4n) is 2.30. The van der Waals surface area contributed by atoms with Crippen molar-refractivity contribution >= 4 is 27.5 Å². The summed E-state index contributed by atoms with van der Waals surface area (Å²) in [5.74, 6) is 0.329. The summed E-state index contributed by atoms with van der Waals surface area (Å²) in [6, 6.07) is 7.36. The number of hydrazone groups is 1. The zero-order valence-electron chi connectivity index (χ0n) is 13.6. The molecule has 0 aliphatic carbocycles. The van der Waals surface area contributed by atoms with E-state index in [1.54, 1.807) is 13.0 Å². The van der Waals surface area contributed by atoms with Gasteiger partial charge in [0.05, 0.1) is 5.71 Å². The number of aryl methyl sites for hydroxylation is 2. The minimum atomic E-state index is -0.644. The second kappa shape index (κ2) is 7.46. The third kappa shape index (κ3) is 4.45. The number of amides is 1. The number of ether oxygens (including phenoxy) is 1. The maximum absolute atomic E-state index is 12.1. The van der Waals surface area contributed by atoms with Crippen molar-refractivity contribution in [3.63, 3.8) is 0 Å². The highest BCUT2D eigenvalue weighted by atomic mass is 79.9. The molecule has 23 heavy (non-hydrogen) atoms. The average Bonchev–Trinajstić information content (AvgIpc) is 2.83. The van der Waals surface area contributed by atoms with Crippen LogP contribution in [0.1, 0.15) is 30.7 Å². The Kier molecular flexibility index (Phi) is 5.60. The molecule has 2 aromatic rings. The molecule has 0 spiro atoms. The highest BCUT2D eigenvalue weighted by Gasteiger charge is 2.15. The molecule has 1 heterocycles. The van der Waals surface area contributed by atoms with Crippen LogP contribution in [0.25, 0.3) is 0 Å². The molecule has 6 heteroatoms. The Morgan fingerprint density at radius 2 is 2.13 bits per heavy atom. The van der Waals surface area contributed by atoms with E-state index in [4.69, 9.17) is 4.74 Å². The van der Waals surface area contributed by atoms with E-state index in [-0.39, 0.29) is 5.91 Å². The molecule has 0 radical (unpaired) electrons. The minimum absolute atomic E-state index is 0.296. The normalized spacial score (nSPS) is 12.8. The maximum atomic E-state index is 12.1. The molecule has 0 saturated carbocycles. The number of benzene rings is 1. The largest absolute Gasteiger partial charge is 0.481 e. The average molecular weight is 378 g/mol. The van der Waals surface area contributed by atoms with Crippen molar-refractivity contribution in [1.29, 1.82) is 0 Å². The second-order valence-corrected chi connectivity index (χ2v) is 6.28. The summed E-state index contributed by atoms with van der Waals surface area (Å²) in [6.45, 7) is 7.53. The monoisotopic (exact) mass is 377 g/mol. The summed E-state index contributed by atoms with van der Waals surface area (Å²) in [4.78, 5) is 15.3. The van der Waals surface area contributed by atoms with Crippen LogP contribution in [0.4, 0.5) is 0 Å². The number of H-pyrrole nitrogens is 1. The van der Waals surface area contributed by atoms with Gasteiger partial charge in [0.2, 0.25) is 0 Å². The van der Waals surface area contributed by atoms with E-state index in [1.165, 1.54) is 0 Å². The van der Waals surface area contributed by atoms with E-state index in [2.05, 4.69) is 31.4 Å². The van der Waals surface area contributed by atoms with Crippen molar-refractivity contribution < 1.29 is 9.53 Å². The van der Waals surface area contributed by atoms with Gasteiger partial charge in [0.15, 0.2) is 6.10 Å². The molecule has 1 amide bonds. The minimum Gasteiger partial charge on any atom is -0.481 e. The van der Waals surface area contributed by atoms with Gasteiger partial charge in [0, 0.05) is 21.9 Å². The predicted molar refractivity (Wildman–Crippen MR) is 94.9 cm³/mol. The molecule has 1 aromatic heterocycles. The Balaban J connectivity index is 2.00. The number of halogens is 1. The highest BCUT2D eigenvalue weighted by Crippen LogP contribution is 2.19. The Bertz CT molecular complexity index is 718. The lowest BCUT2D eigenvalue weighted by Crippen LogP contribution is -2.34. The Hall–Kier alpha value is -2.08. The first-order valence-corrected chi connectivity index (χ1v) is 8.09. The molecule has 0 aliphatic rings. The number of aromatic nitrogens is 1. The van der Waals surface area contributed by atoms with Crippen LogP contribution in [-0.4, -0.2) is 22.7 Å². The summed E-state index contributed by atoms with van der Waals surface area (Å²) in [5.41, 5.74) is 6.45. The van der Waals surface area contributed by atoms with E-state index in [9.17, 15) is 4.79 Å². The molecule has 1 aromatic carbocycles. The van der Waals surface area contributed by atoms with Crippen LogP contribution in [0.2, 0.25) is 0 Å². The lowest BCUT2D eigenvalue weighted by molar-refractivity contribution is -0.127. The van der Waals surface area contributed by atoms with Gasteiger partial charge in [-0.15, -0.1) is 0 Å². The van der Waals surface area contributed by atoms with Crippen LogP contribution in [-0.2, 0) is 4.79 Å². The van der Waals surface area contributed by atoms with Gasteiger partial charge in [-0.2, -0.15) is 5.10 Å². The van der Waals surface area contributed by atoms with Gasteiger partial charge in [-0.3, -0.25) is 4.79 Å². The third-order valence-corrected chi connectivity index (χ3v) is 3.94. The number of carbonyl (C=O) groups excluding carboxylic acids is 1. The van der Waals surface area contributed by atoms with Gasteiger partial charge in [-0.25, -0.2) is 5.43 Å². The first-order chi connectivity index (χ1) is 10.9. The Labute approximate surface area is 144 Å². The van der Waals surface area contributed by atoms with Crippen LogP contribution in [0, 0.1) is 13.8 Å². The van der Waals surface area contributed by atoms with Crippen molar-refractivity contribution in [2.45, 2.75) is 33.8 Å².